The third kappa shape index (κ3) is 6.71. The highest BCUT2D eigenvalue weighted by atomic mass is 35.5. The van der Waals surface area contributed by atoms with E-state index in [0.29, 0.717) is 22.7 Å². The van der Waals surface area contributed by atoms with Crippen molar-refractivity contribution in [1.29, 1.82) is 0 Å². The van der Waals surface area contributed by atoms with Crippen molar-refractivity contribution in [3.05, 3.63) is 64.7 Å². The van der Waals surface area contributed by atoms with E-state index in [1.54, 1.807) is 24.3 Å². The summed E-state index contributed by atoms with van der Waals surface area (Å²) < 4.78 is 0. The van der Waals surface area contributed by atoms with E-state index in [-0.39, 0.29) is 17.9 Å². The molecule has 1 saturated heterocycles. The summed E-state index contributed by atoms with van der Waals surface area (Å²) >= 11 is 5.99. The zero-order chi connectivity index (χ0) is 22.2. The van der Waals surface area contributed by atoms with Crippen molar-refractivity contribution in [3.63, 3.8) is 0 Å². The topological polar surface area (TPSA) is 64.7 Å². The van der Waals surface area contributed by atoms with Gasteiger partial charge in [-0.2, -0.15) is 0 Å². The largest absolute Gasteiger partial charge is 0.371 e. The number of nitrogens with zero attached hydrogens (tertiary/aromatic N) is 2. The normalized spacial score (nSPS) is 14.5. The summed E-state index contributed by atoms with van der Waals surface area (Å²) in [7, 11) is 4.05. The van der Waals surface area contributed by atoms with Crippen LogP contribution in [0.3, 0.4) is 0 Å². The highest BCUT2D eigenvalue weighted by molar-refractivity contribution is 6.30. The summed E-state index contributed by atoms with van der Waals surface area (Å²) in [5, 5.41) is 6.69. The Morgan fingerprint density at radius 2 is 1.81 bits per heavy atom. The number of halogens is 1. The standard InChI is InChI=1S/C24H31ClN4O2/c1-28(2)14-6-13-26-24(31)21-9-3-4-10-22(21)29-15-11-20(12-16-29)27-23(30)18-7-5-8-19(25)17-18/h3-5,7-10,17,20H,6,11-16H2,1-2H3,(H,26,31)(H,27,30). The van der Waals surface area contributed by atoms with E-state index in [0.717, 1.165) is 44.6 Å². The summed E-state index contributed by atoms with van der Waals surface area (Å²) in [4.78, 5) is 29.6. The van der Waals surface area contributed by atoms with Crippen LogP contribution >= 0.6 is 11.6 Å². The smallest absolute Gasteiger partial charge is 0.253 e. The molecule has 0 unspecified atom stereocenters. The summed E-state index contributed by atoms with van der Waals surface area (Å²) in [5.74, 6) is -0.135. The quantitative estimate of drug-likeness (QED) is 0.615. The van der Waals surface area contributed by atoms with E-state index >= 15 is 0 Å². The summed E-state index contributed by atoms with van der Waals surface area (Å²) in [6.45, 7) is 3.16. The van der Waals surface area contributed by atoms with Gasteiger partial charge in [-0.25, -0.2) is 0 Å². The number of para-hydroxylation sites is 1. The molecule has 7 heteroatoms. The van der Waals surface area contributed by atoms with Crippen molar-refractivity contribution in [2.75, 3.05) is 45.2 Å². The van der Waals surface area contributed by atoms with Crippen molar-refractivity contribution in [3.8, 4) is 0 Å². The monoisotopic (exact) mass is 442 g/mol. The van der Waals surface area contributed by atoms with Crippen molar-refractivity contribution in [1.82, 2.24) is 15.5 Å². The molecule has 6 nitrogen and oxygen atoms in total. The molecular weight excluding hydrogens is 412 g/mol. The Morgan fingerprint density at radius 3 is 2.52 bits per heavy atom. The number of amides is 2. The van der Waals surface area contributed by atoms with E-state index in [9.17, 15) is 9.59 Å². The second kappa shape index (κ2) is 11.2. The van der Waals surface area contributed by atoms with Crippen LogP contribution in [0.1, 0.15) is 40.0 Å². The fraction of sp³-hybridized carbons (Fsp3) is 0.417. The molecule has 2 aromatic rings. The first-order chi connectivity index (χ1) is 14.9. The number of carbonyl (C=O) groups is 2. The average molecular weight is 443 g/mol. The van der Waals surface area contributed by atoms with E-state index in [1.165, 1.54) is 0 Å². The minimum atomic E-state index is -0.0987. The van der Waals surface area contributed by atoms with Gasteiger partial charge in [0.25, 0.3) is 11.8 Å². The van der Waals surface area contributed by atoms with Crippen molar-refractivity contribution in [2.45, 2.75) is 25.3 Å². The predicted molar refractivity (Wildman–Crippen MR) is 126 cm³/mol. The first-order valence-corrected chi connectivity index (χ1v) is 11.1. The van der Waals surface area contributed by atoms with Gasteiger partial charge in [0.05, 0.1) is 5.56 Å². The first-order valence-electron chi connectivity index (χ1n) is 10.8. The van der Waals surface area contributed by atoms with E-state index in [2.05, 4.69) is 20.4 Å². The summed E-state index contributed by atoms with van der Waals surface area (Å²) in [6, 6.07) is 14.8. The van der Waals surface area contributed by atoms with Crippen molar-refractivity contribution < 1.29 is 9.59 Å². The average Bonchev–Trinajstić information content (AvgIpc) is 2.77. The van der Waals surface area contributed by atoms with Crippen molar-refractivity contribution in [2.24, 2.45) is 0 Å². The van der Waals surface area contributed by atoms with Gasteiger partial charge in [0.2, 0.25) is 0 Å². The molecule has 2 aromatic carbocycles. The number of rotatable bonds is 8. The highest BCUT2D eigenvalue weighted by Crippen LogP contribution is 2.24. The molecule has 1 aliphatic heterocycles. The molecule has 0 saturated carbocycles. The second-order valence-electron chi connectivity index (χ2n) is 8.18. The molecule has 0 aliphatic carbocycles. The molecule has 31 heavy (non-hydrogen) atoms. The number of carbonyl (C=O) groups excluding carboxylic acids is 2. The third-order valence-electron chi connectivity index (χ3n) is 5.47. The van der Waals surface area contributed by atoms with Crippen LogP contribution in [0.2, 0.25) is 5.02 Å². The fourth-order valence-corrected chi connectivity index (χ4v) is 3.99. The number of benzene rings is 2. The Balaban J connectivity index is 1.55. The molecular formula is C24H31ClN4O2. The Bertz CT molecular complexity index is 895. The van der Waals surface area contributed by atoms with Crippen LogP contribution < -0.4 is 15.5 Å². The Labute approximate surface area is 189 Å². The maximum atomic E-state index is 12.7. The number of hydrogen-bond donors (Lipinski definition) is 2. The Kier molecular flexibility index (Phi) is 8.32. The number of nitrogens with one attached hydrogen (secondary N) is 2. The molecule has 1 heterocycles. The van der Waals surface area contributed by atoms with Gasteiger partial charge >= 0.3 is 0 Å². The molecule has 0 radical (unpaired) electrons. The van der Waals surface area contributed by atoms with Gasteiger partial charge in [-0.15, -0.1) is 0 Å². The maximum absolute atomic E-state index is 12.7. The van der Waals surface area contributed by atoms with Crippen LogP contribution in [0, 0.1) is 0 Å². The lowest BCUT2D eigenvalue weighted by atomic mass is 10.0. The SMILES string of the molecule is CN(C)CCCNC(=O)c1ccccc1N1CCC(NC(=O)c2cccc(Cl)c2)CC1. The van der Waals surface area contributed by atoms with Gasteiger partial charge in [0.15, 0.2) is 0 Å². The van der Waals surface area contributed by atoms with E-state index in [1.807, 2.05) is 38.4 Å². The molecule has 0 spiro atoms. The maximum Gasteiger partial charge on any atom is 0.253 e. The number of anilines is 1. The number of hydrogen-bond acceptors (Lipinski definition) is 4. The molecule has 1 fully saturated rings. The zero-order valence-corrected chi connectivity index (χ0v) is 19.0. The molecule has 166 valence electrons. The molecule has 2 N–H and O–H groups in total. The van der Waals surface area contributed by atoms with Gasteiger partial charge < -0.3 is 20.4 Å². The molecule has 3 rings (SSSR count). The van der Waals surface area contributed by atoms with Gasteiger partial charge in [-0.3, -0.25) is 9.59 Å². The lowest BCUT2D eigenvalue weighted by molar-refractivity contribution is 0.0929. The molecule has 0 atom stereocenters. The summed E-state index contributed by atoms with van der Waals surface area (Å²) in [6.07, 6.45) is 2.56. The Hall–Kier alpha value is -2.57. The molecule has 1 aliphatic rings. The van der Waals surface area contributed by atoms with Gasteiger partial charge in [0.1, 0.15) is 0 Å². The second-order valence-corrected chi connectivity index (χ2v) is 8.61. The summed E-state index contributed by atoms with van der Waals surface area (Å²) in [5.41, 5.74) is 2.23. The zero-order valence-electron chi connectivity index (χ0n) is 18.2. The minimum absolute atomic E-state index is 0.0364. The molecule has 0 bridgehead atoms. The van der Waals surface area contributed by atoms with Gasteiger partial charge in [-0.05, 0) is 70.2 Å². The predicted octanol–water partition coefficient (Wildman–Crippen LogP) is 3.42. The lowest BCUT2D eigenvalue weighted by Gasteiger charge is -2.35. The van der Waals surface area contributed by atoms with Crippen LogP contribution in [0.4, 0.5) is 5.69 Å². The van der Waals surface area contributed by atoms with Gasteiger partial charge in [-0.1, -0.05) is 29.8 Å². The van der Waals surface area contributed by atoms with E-state index in [4.69, 9.17) is 11.6 Å². The van der Waals surface area contributed by atoms with E-state index < -0.39 is 0 Å². The number of piperidine rings is 1. The Morgan fingerprint density at radius 1 is 1.06 bits per heavy atom. The minimum Gasteiger partial charge on any atom is -0.371 e. The van der Waals surface area contributed by atoms with Gasteiger partial charge in [0, 0.05) is 41.9 Å². The lowest BCUT2D eigenvalue weighted by Crippen LogP contribution is -2.45. The van der Waals surface area contributed by atoms with Crippen molar-refractivity contribution >= 4 is 29.1 Å². The van der Waals surface area contributed by atoms with Crippen LogP contribution in [0.5, 0.6) is 0 Å². The third-order valence-corrected chi connectivity index (χ3v) is 5.71. The van der Waals surface area contributed by atoms with Crippen LogP contribution in [0.25, 0.3) is 0 Å². The van der Waals surface area contributed by atoms with Crippen LogP contribution in [0.15, 0.2) is 48.5 Å². The highest BCUT2D eigenvalue weighted by Gasteiger charge is 2.24. The van der Waals surface area contributed by atoms with Crippen LogP contribution in [-0.2, 0) is 0 Å². The first kappa shape index (κ1) is 23.1. The molecule has 0 aromatic heterocycles. The molecule has 2 amide bonds. The van der Waals surface area contributed by atoms with Crippen LogP contribution in [-0.4, -0.2) is 63.0 Å². The fourth-order valence-electron chi connectivity index (χ4n) is 3.80.